The van der Waals surface area contributed by atoms with Crippen molar-refractivity contribution >= 4 is 5.95 Å². The molecular formula is C18H22N4O. The van der Waals surface area contributed by atoms with Gasteiger partial charge in [-0.05, 0) is 61.6 Å². The van der Waals surface area contributed by atoms with Crippen LogP contribution in [0.5, 0.6) is 0 Å². The van der Waals surface area contributed by atoms with Crippen LogP contribution in [-0.4, -0.2) is 28.0 Å². The first-order valence-corrected chi connectivity index (χ1v) is 8.58. The molecule has 1 N–H and O–H groups in total. The van der Waals surface area contributed by atoms with Crippen molar-refractivity contribution in [3.05, 3.63) is 51.7 Å². The molecule has 3 heterocycles. The molecule has 2 aromatic rings. The van der Waals surface area contributed by atoms with E-state index in [4.69, 9.17) is 4.98 Å². The van der Waals surface area contributed by atoms with Crippen molar-refractivity contribution in [2.45, 2.75) is 44.4 Å². The first-order valence-electron chi connectivity index (χ1n) is 8.58. The van der Waals surface area contributed by atoms with Crippen LogP contribution in [-0.2, 0) is 12.8 Å². The van der Waals surface area contributed by atoms with E-state index in [-0.39, 0.29) is 5.56 Å². The molecule has 0 bridgehead atoms. The summed E-state index contributed by atoms with van der Waals surface area (Å²) >= 11 is 0. The van der Waals surface area contributed by atoms with Gasteiger partial charge in [-0.15, -0.1) is 0 Å². The third-order valence-electron chi connectivity index (χ3n) is 5.10. The van der Waals surface area contributed by atoms with Crippen LogP contribution in [0.15, 0.2) is 29.3 Å². The van der Waals surface area contributed by atoms with Gasteiger partial charge in [-0.25, -0.2) is 9.97 Å². The van der Waals surface area contributed by atoms with E-state index in [1.54, 1.807) is 12.3 Å². The largest absolute Gasteiger partial charge is 0.341 e. The van der Waals surface area contributed by atoms with E-state index >= 15 is 0 Å². The number of fused-ring (bicyclic) bond motifs is 1. The number of hydrogen-bond acceptors (Lipinski definition) is 4. The van der Waals surface area contributed by atoms with Crippen molar-refractivity contribution in [1.82, 2.24) is 15.0 Å². The number of nitrogens with one attached hydrogen (secondary N) is 1. The molecule has 0 aromatic carbocycles. The smallest absolute Gasteiger partial charge is 0.248 e. The first-order chi connectivity index (χ1) is 11.3. The van der Waals surface area contributed by atoms with Gasteiger partial charge in [0, 0.05) is 37.2 Å². The number of aromatic amines is 1. The second-order valence-electron chi connectivity index (χ2n) is 6.60. The molecule has 0 unspecified atom stereocenters. The van der Waals surface area contributed by atoms with Crippen LogP contribution in [0.25, 0.3) is 0 Å². The molecule has 0 amide bonds. The fourth-order valence-corrected chi connectivity index (χ4v) is 3.75. The number of rotatable bonds is 2. The van der Waals surface area contributed by atoms with Crippen molar-refractivity contribution in [1.29, 1.82) is 0 Å². The predicted molar refractivity (Wildman–Crippen MR) is 89.9 cm³/mol. The van der Waals surface area contributed by atoms with E-state index in [0.29, 0.717) is 5.92 Å². The Kier molecular flexibility index (Phi) is 3.85. The third kappa shape index (κ3) is 3.00. The molecule has 0 spiro atoms. The molecule has 5 nitrogen and oxygen atoms in total. The summed E-state index contributed by atoms with van der Waals surface area (Å²) in [7, 11) is 0. The molecule has 4 rings (SSSR count). The van der Waals surface area contributed by atoms with E-state index in [1.807, 2.05) is 12.3 Å². The maximum atomic E-state index is 11.5. The molecule has 23 heavy (non-hydrogen) atoms. The van der Waals surface area contributed by atoms with Crippen molar-refractivity contribution in [3.8, 4) is 0 Å². The highest BCUT2D eigenvalue weighted by molar-refractivity contribution is 5.35. The van der Waals surface area contributed by atoms with Gasteiger partial charge in [0.25, 0.3) is 0 Å². The Morgan fingerprint density at radius 3 is 2.83 bits per heavy atom. The van der Waals surface area contributed by atoms with Crippen LogP contribution in [0.2, 0.25) is 0 Å². The zero-order valence-corrected chi connectivity index (χ0v) is 13.3. The number of aryl methyl sites for hydroxylation is 2. The van der Waals surface area contributed by atoms with Gasteiger partial charge in [-0.1, -0.05) is 0 Å². The van der Waals surface area contributed by atoms with Crippen molar-refractivity contribution in [2.24, 2.45) is 0 Å². The minimum Gasteiger partial charge on any atom is -0.341 e. The van der Waals surface area contributed by atoms with Gasteiger partial charge in [0.1, 0.15) is 0 Å². The van der Waals surface area contributed by atoms with Gasteiger partial charge in [-0.2, -0.15) is 0 Å². The van der Waals surface area contributed by atoms with Crippen molar-refractivity contribution in [3.63, 3.8) is 0 Å². The number of hydrogen-bond donors (Lipinski definition) is 1. The summed E-state index contributed by atoms with van der Waals surface area (Å²) in [5.74, 6) is 1.35. The molecule has 5 heteroatoms. The Labute approximate surface area is 135 Å². The Morgan fingerprint density at radius 1 is 1.17 bits per heavy atom. The maximum absolute atomic E-state index is 11.5. The van der Waals surface area contributed by atoms with Crippen LogP contribution in [0, 0.1) is 0 Å². The fourth-order valence-electron chi connectivity index (χ4n) is 3.75. The average molecular weight is 310 g/mol. The van der Waals surface area contributed by atoms with Gasteiger partial charge in [0.05, 0.1) is 0 Å². The molecule has 0 saturated carbocycles. The van der Waals surface area contributed by atoms with Crippen LogP contribution in [0.1, 0.15) is 48.4 Å². The van der Waals surface area contributed by atoms with Gasteiger partial charge in [0.15, 0.2) is 0 Å². The summed E-state index contributed by atoms with van der Waals surface area (Å²) < 4.78 is 0. The Bertz CT molecular complexity index is 747. The molecule has 0 radical (unpaired) electrons. The number of pyridine rings is 1. The van der Waals surface area contributed by atoms with E-state index in [2.05, 4.69) is 14.9 Å². The summed E-state index contributed by atoms with van der Waals surface area (Å²) in [6, 6.07) is 3.76. The fraction of sp³-hybridized carbons (Fsp3) is 0.500. The van der Waals surface area contributed by atoms with Crippen LogP contribution in [0.4, 0.5) is 5.95 Å². The van der Waals surface area contributed by atoms with E-state index in [1.165, 1.54) is 24.1 Å². The summed E-state index contributed by atoms with van der Waals surface area (Å²) in [4.78, 5) is 25.8. The van der Waals surface area contributed by atoms with Crippen molar-refractivity contribution < 1.29 is 0 Å². The topological polar surface area (TPSA) is 61.9 Å². The quantitative estimate of drug-likeness (QED) is 0.925. The molecule has 0 atom stereocenters. The summed E-state index contributed by atoms with van der Waals surface area (Å²) in [5, 5.41) is 0. The SMILES string of the molecule is O=c1cc(C2CCN(c3ncc4c(n3)CCCC4)CC2)cc[nH]1. The zero-order valence-electron chi connectivity index (χ0n) is 13.3. The maximum Gasteiger partial charge on any atom is 0.248 e. The second-order valence-corrected chi connectivity index (χ2v) is 6.60. The van der Waals surface area contributed by atoms with Gasteiger partial charge in [0.2, 0.25) is 11.5 Å². The normalized spacial score (nSPS) is 18.7. The number of aromatic nitrogens is 3. The van der Waals surface area contributed by atoms with Crippen LogP contribution >= 0.6 is 0 Å². The number of H-pyrrole nitrogens is 1. The van der Waals surface area contributed by atoms with Gasteiger partial charge < -0.3 is 9.88 Å². The first kappa shape index (κ1) is 14.4. The summed E-state index contributed by atoms with van der Waals surface area (Å²) in [6.45, 7) is 1.91. The van der Waals surface area contributed by atoms with Gasteiger partial charge in [-0.3, -0.25) is 4.79 Å². The number of nitrogens with zero attached hydrogens (tertiary/aromatic N) is 3. The average Bonchev–Trinajstić information content (AvgIpc) is 2.61. The van der Waals surface area contributed by atoms with E-state index < -0.39 is 0 Å². The van der Waals surface area contributed by atoms with E-state index in [0.717, 1.165) is 50.3 Å². The molecule has 1 aliphatic heterocycles. The number of anilines is 1. The Balaban J connectivity index is 1.46. The van der Waals surface area contributed by atoms with Crippen LogP contribution < -0.4 is 10.5 Å². The van der Waals surface area contributed by atoms with Crippen molar-refractivity contribution in [2.75, 3.05) is 18.0 Å². The molecule has 120 valence electrons. The molecule has 1 fully saturated rings. The minimum absolute atomic E-state index is 0.0112. The predicted octanol–water partition coefficient (Wildman–Crippen LogP) is 2.43. The lowest BCUT2D eigenvalue weighted by atomic mass is 9.90. The third-order valence-corrected chi connectivity index (χ3v) is 5.10. The standard InChI is InChI=1S/C18H22N4O/c23-17-11-14(5-8-19-17)13-6-9-22(10-7-13)18-20-12-15-3-1-2-4-16(15)21-18/h5,8,11-13H,1-4,6-7,9-10H2,(H,19,23). The summed E-state index contributed by atoms with van der Waals surface area (Å²) in [6.07, 6.45) is 10.6. The Hall–Kier alpha value is -2.17. The van der Waals surface area contributed by atoms with Crippen LogP contribution in [0.3, 0.4) is 0 Å². The van der Waals surface area contributed by atoms with E-state index in [9.17, 15) is 4.79 Å². The molecule has 2 aliphatic rings. The highest BCUT2D eigenvalue weighted by Gasteiger charge is 2.23. The lowest BCUT2D eigenvalue weighted by molar-refractivity contribution is 0.497. The lowest BCUT2D eigenvalue weighted by Gasteiger charge is -2.32. The highest BCUT2D eigenvalue weighted by atomic mass is 16.1. The molecule has 1 saturated heterocycles. The monoisotopic (exact) mass is 310 g/mol. The summed E-state index contributed by atoms with van der Waals surface area (Å²) in [5.41, 5.74) is 3.72. The Morgan fingerprint density at radius 2 is 2.00 bits per heavy atom. The second kappa shape index (κ2) is 6.14. The zero-order chi connectivity index (χ0) is 15.6. The number of piperidine rings is 1. The lowest BCUT2D eigenvalue weighted by Crippen LogP contribution is -2.34. The minimum atomic E-state index is -0.0112. The van der Waals surface area contributed by atoms with Gasteiger partial charge >= 0.3 is 0 Å². The highest BCUT2D eigenvalue weighted by Crippen LogP contribution is 2.29. The molecule has 1 aliphatic carbocycles. The molecular weight excluding hydrogens is 288 g/mol. The molecule has 2 aromatic heterocycles.